The predicted octanol–water partition coefficient (Wildman–Crippen LogP) is 3.55. The zero-order valence-electron chi connectivity index (χ0n) is 10.8. The van der Waals surface area contributed by atoms with Gasteiger partial charge in [0.05, 0.1) is 0 Å². The maximum Gasteiger partial charge on any atom is -0.00161 e. The highest BCUT2D eigenvalue weighted by atomic mass is 15.1. The molecular formula is C15H23N. The summed E-state index contributed by atoms with van der Waals surface area (Å²) < 4.78 is 0. The van der Waals surface area contributed by atoms with E-state index in [0.29, 0.717) is 0 Å². The minimum absolute atomic E-state index is 0.822. The van der Waals surface area contributed by atoms with Gasteiger partial charge in [0.15, 0.2) is 0 Å². The Morgan fingerprint density at radius 3 is 2.56 bits per heavy atom. The lowest BCUT2D eigenvalue weighted by atomic mass is 9.84. The van der Waals surface area contributed by atoms with Crippen molar-refractivity contribution in [3.63, 3.8) is 0 Å². The van der Waals surface area contributed by atoms with Crippen LogP contribution in [0.1, 0.15) is 33.1 Å². The second-order valence-electron chi connectivity index (χ2n) is 5.33. The quantitative estimate of drug-likeness (QED) is 0.649. The van der Waals surface area contributed by atoms with Crippen LogP contribution in [0.25, 0.3) is 0 Å². The molecule has 1 heterocycles. The maximum absolute atomic E-state index is 2.45. The molecule has 1 heteroatoms. The van der Waals surface area contributed by atoms with Crippen LogP contribution in [-0.4, -0.2) is 25.0 Å². The fraction of sp³-hybridized carbons (Fsp3) is 0.600. The molecule has 0 aromatic heterocycles. The van der Waals surface area contributed by atoms with E-state index in [4.69, 9.17) is 0 Å². The van der Waals surface area contributed by atoms with Crippen molar-refractivity contribution in [1.82, 2.24) is 4.90 Å². The Labute approximate surface area is 99.5 Å². The van der Waals surface area contributed by atoms with Crippen LogP contribution in [-0.2, 0) is 0 Å². The zero-order chi connectivity index (χ0) is 11.5. The number of piperidine rings is 1. The highest BCUT2D eigenvalue weighted by Gasteiger charge is 2.21. The SMILES string of the molecule is CC1=CC=CC(C)=C(C2CCN(C)CC2)C1. The van der Waals surface area contributed by atoms with Gasteiger partial charge in [-0.05, 0) is 59.2 Å². The summed E-state index contributed by atoms with van der Waals surface area (Å²) in [4.78, 5) is 2.45. The molecule has 1 aliphatic carbocycles. The van der Waals surface area contributed by atoms with Gasteiger partial charge in [-0.2, -0.15) is 0 Å². The van der Waals surface area contributed by atoms with Crippen LogP contribution < -0.4 is 0 Å². The fourth-order valence-corrected chi connectivity index (χ4v) is 2.79. The largest absolute Gasteiger partial charge is 0.306 e. The molecule has 0 bridgehead atoms. The van der Waals surface area contributed by atoms with Gasteiger partial charge in [0.1, 0.15) is 0 Å². The van der Waals surface area contributed by atoms with Crippen LogP contribution >= 0.6 is 0 Å². The zero-order valence-corrected chi connectivity index (χ0v) is 10.8. The van der Waals surface area contributed by atoms with Crippen molar-refractivity contribution < 1.29 is 0 Å². The number of allylic oxidation sites excluding steroid dienone is 6. The van der Waals surface area contributed by atoms with E-state index in [0.717, 1.165) is 5.92 Å². The Bertz CT molecular complexity index is 338. The van der Waals surface area contributed by atoms with Crippen molar-refractivity contribution in [2.75, 3.05) is 20.1 Å². The van der Waals surface area contributed by atoms with Gasteiger partial charge < -0.3 is 4.90 Å². The van der Waals surface area contributed by atoms with Gasteiger partial charge in [-0.15, -0.1) is 0 Å². The van der Waals surface area contributed by atoms with E-state index in [1.54, 1.807) is 5.57 Å². The third-order valence-electron chi connectivity index (χ3n) is 3.91. The van der Waals surface area contributed by atoms with E-state index in [2.05, 4.69) is 44.0 Å². The van der Waals surface area contributed by atoms with Crippen molar-refractivity contribution in [3.05, 3.63) is 34.9 Å². The number of nitrogens with zero attached hydrogens (tertiary/aromatic N) is 1. The van der Waals surface area contributed by atoms with Crippen LogP contribution in [0.5, 0.6) is 0 Å². The Morgan fingerprint density at radius 2 is 1.88 bits per heavy atom. The second kappa shape index (κ2) is 5.01. The van der Waals surface area contributed by atoms with E-state index in [-0.39, 0.29) is 0 Å². The van der Waals surface area contributed by atoms with Gasteiger partial charge in [-0.25, -0.2) is 0 Å². The molecule has 0 saturated carbocycles. The Hall–Kier alpha value is -0.820. The normalized spacial score (nSPS) is 24.6. The second-order valence-corrected chi connectivity index (χ2v) is 5.33. The van der Waals surface area contributed by atoms with Gasteiger partial charge in [0.25, 0.3) is 0 Å². The lowest BCUT2D eigenvalue weighted by Gasteiger charge is -2.31. The summed E-state index contributed by atoms with van der Waals surface area (Å²) in [6.07, 6.45) is 10.6. The molecule has 0 N–H and O–H groups in total. The predicted molar refractivity (Wildman–Crippen MR) is 70.4 cm³/mol. The van der Waals surface area contributed by atoms with Crippen molar-refractivity contribution in [2.45, 2.75) is 33.1 Å². The standard InChI is InChI=1S/C15H23N/c1-12-5-4-6-13(2)15(11-12)14-7-9-16(3)10-8-14/h4-6,14H,7-11H2,1-3H3. The Morgan fingerprint density at radius 1 is 1.19 bits per heavy atom. The van der Waals surface area contributed by atoms with E-state index >= 15 is 0 Å². The number of hydrogen-bond donors (Lipinski definition) is 0. The summed E-state index contributed by atoms with van der Waals surface area (Å²) in [6, 6.07) is 0. The summed E-state index contributed by atoms with van der Waals surface area (Å²) in [6.45, 7) is 7.04. The number of hydrogen-bond acceptors (Lipinski definition) is 1. The molecule has 1 nitrogen and oxygen atoms in total. The molecular weight excluding hydrogens is 194 g/mol. The lowest BCUT2D eigenvalue weighted by Crippen LogP contribution is -2.31. The molecule has 0 spiro atoms. The third-order valence-corrected chi connectivity index (χ3v) is 3.91. The van der Waals surface area contributed by atoms with Crippen LogP contribution in [0.3, 0.4) is 0 Å². The molecule has 0 unspecified atom stereocenters. The first kappa shape index (κ1) is 11.7. The maximum atomic E-state index is 2.45. The molecule has 16 heavy (non-hydrogen) atoms. The van der Waals surface area contributed by atoms with Gasteiger partial charge in [-0.1, -0.05) is 34.9 Å². The first-order valence-corrected chi connectivity index (χ1v) is 6.39. The molecule has 1 saturated heterocycles. The van der Waals surface area contributed by atoms with Crippen molar-refractivity contribution in [2.24, 2.45) is 5.92 Å². The average Bonchev–Trinajstić information content (AvgIpc) is 2.42. The molecule has 2 rings (SSSR count). The summed E-state index contributed by atoms with van der Waals surface area (Å²) >= 11 is 0. The molecule has 0 aromatic rings. The molecule has 0 radical (unpaired) electrons. The first-order chi connectivity index (χ1) is 7.66. The average molecular weight is 217 g/mol. The van der Waals surface area contributed by atoms with Crippen LogP contribution in [0.15, 0.2) is 34.9 Å². The number of rotatable bonds is 1. The molecule has 0 atom stereocenters. The minimum Gasteiger partial charge on any atom is -0.306 e. The topological polar surface area (TPSA) is 3.24 Å². The molecule has 88 valence electrons. The van der Waals surface area contributed by atoms with E-state index in [1.807, 2.05) is 0 Å². The lowest BCUT2D eigenvalue weighted by molar-refractivity contribution is 0.236. The summed E-state index contributed by atoms with van der Waals surface area (Å²) in [7, 11) is 2.23. The molecule has 0 aromatic carbocycles. The smallest absolute Gasteiger partial charge is 0.00161 e. The van der Waals surface area contributed by atoms with Gasteiger partial charge in [0.2, 0.25) is 0 Å². The van der Waals surface area contributed by atoms with E-state index < -0.39 is 0 Å². The van der Waals surface area contributed by atoms with Gasteiger partial charge >= 0.3 is 0 Å². The molecule has 1 fully saturated rings. The van der Waals surface area contributed by atoms with Crippen molar-refractivity contribution in [3.8, 4) is 0 Å². The Kier molecular flexibility index (Phi) is 3.65. The highest BCUT2D eigenvalue weighted by Crippen LogP contribution is 2.32. The third kappa shape index (κ3) is 2.65. The van der Waals surface area contributed by atoms with Gasteiger partial charge in [0, 0.05) is 0 Å². The molecule has 2 aliphatic rings. The summed E-state index contributed by atoms with van der Waals surface area (Å²) in [5.41, 5.74) is 4.69. The minimum atomic E-state index is 0.822. The van der Waals surface area contributed by atoms with Crippen molar-refractivity contribution >= 4 is 0 Å². The van der Waals surface area contributed by atoms with E-state index in [9.17, 15) is 0 Å². The highest BCUT2D eigenvalue weighted by molar-refractivity contribution is 5.35. The van der Waals surface area contributed by atoms with Crippen LogP contribution in [0.2, 0.25) is 0 Å². The summed E-state index contributed by atoms with van der Waals surface area (Å²) in [5, 5.41) is 0. The molecule has 1 aliphatic heterocycles. The van der Waals surface area contributed by atoms with Crippen molar-refractivity contribution in [1.29, 1.82) is 0 Å². The van der Waals surface area contributed by atoms with Crippen LogP contribution in [0, 0.1) is 5.92 Å². The molecule has 0 amide bonds. The fourth-order valence-electron chi connectivity index (χ4n) is 2.79. The van der Waals surface area contributed by atoms with Crippen LogP contribution in [0.4, 0.5) is 0 Å². The number of likely N-dealkylation sites (tertiary alicyclic amines) is 1. The van der Waals surface area contributed by atoms with Gasteiger partial charge in [-0.3, -0.25) is 0 Å². The van der Waals surface area contributed by atoms with E-state index in [1.165, 1.54) is 43.5 Å². The Balaban J connectivity index is 2.13. The monoisotopic (exact) mass is 217 g/mol. The first-order valence-electron chi connectivity index (χ1n) is 6.39. The summed E-state index contributed by atoms with van der Waals surface area (Å²) in [5.74, 6) is 0.822.